The molecule has 0 atom stereocenters. The second-order valence-electron chi connectivity index (χ2n) is 6.55. The number of piperidine rings is 1. The molecule has 0 aliphatic carbocycles. The Hall–Kier alpha value is -2.63. The number of rotatable bonds is 5. The van der Waals surface area contributed by atoms with Gasteiger partial charge in [0.05, 0.1) is 18.0 Å². The minimum absolute atomic E-state index is 0.0304. The Kier molecular flexibility index (Phi) is 5.71. The molecule has 1 aliphatic heterocycles. The van der Waals surface area contributed by atoms with Crippen molar-refractivity contribution in [1.82, 2.24) is 9.47 Å². The predicted molar refractivity (Wildman–Crippen MR) is 97.7 cm³/mol. The summed E-state index contributed by atoms with van der Waals surface area (Å²) >= 11 is 0. The Morgan fingerprint density at radius 2 is 1.73 bits per heavy atom. The number of nitrogens with zero attached hydrogens (tertiary/aromatic N) is 2. The Morgan fingerprint density at radius 1 is 1.04 bits per heavy atom. The molecule has 0 saturated carbocycles. The number of hydrogen-bond donors (Lipinski definition) is 0. The molecule has 1 aliphatic rings. The van der Waals surface area contributed by atoms with E-state index in [2.05, 4.69) is 0 Å². The van der Waals surface area contributed by atoms with E-state index in [9.17, 15) is 14.4 Å². The minimum atomic E-state index is -0.172. The van der Waals surface area contributed by atoms with Crippen molar-refractivity contribution in [2.45, 2.75) is 32.6 Å². The molecule has 3 rings (SSSR count). The van der Waals surface area contributed by atoms with Gasteiger partial charge in [-0.2, -0.15) is 0 Å². The van der Waals surface area contributed by atoms with Crippen LogP contribution in [0.2, 0.25) is 0 Å². The maximum absolute atomic E-state index is 12.5. The lowest BCUT2D eigenvalue weighted by Gasteiger charge is -2.30. The Bertz CT molecular complexity index is 803. The number of hydrogen-bond acceptors (Lipinski definition) is 4. The quantitative estimate of drug-likeness (QED) is 0.773. The molecule has 6 nitrogen and oxygen atoms in total. The van der Waals surface area contributed by atoms with Gasteiger partial charge in [0.25, 0.3) is 0 Å². The van der Waals surface area contributed by atoms with E-state index in [0.29, 0.717) is 32.5 Å². The second kappa shape index (κ2) is 8.17. The third-order valence-electron chi connectivity index (χ3n) is 4.89. The van der Waals surface area contributed by atoms with E-state index in [1.54, 1.807) is 22.6 Å². The summed E-state index contributed by atoms with van der Waals surface area (Å²) in [5.74, 6) is -0.404. The molecule has 0 unspecified atom stereocenters. The Labute approximate surface area is 152 Å². The highest BCUT2D eigenvalue weighted by Crippen LogP contribution is 2.20. The summed E-state index contributed by atoms with van der Waals surface area (Å²) in [6, 6.07) is 9.58. The van der Waals surface area contributed by atoms with Gasteiger partial charge in [-0.3, -0.25) is 19.0 Å². The van der Waals surface area contributed by atoms with Gasteiger partial charge in [-0.15, -0.1) is 0 Å². The first-order valence-electron chi connectivity index (χ1n) is 9.14. The number of fused-ring (bicyclic) bond motifs is 1. The third kappa shape index (κ3) is 3.95. The zero-order valence-corrected chi connectivity index (χ0v) is 15.0. The van der Waals surface area contributed by atoms with Crippen LogP contribution in [0.15, 0.2) is 36.5 Å². The fourth-order valence-electron chi connectivity index (χ4n) is 3.42. The average Bonchev–Trinajstić information content (AvgIpc) is 3.10. The molecule has 0 radical (unpaired) electrons. The summed E-state index contributed by atoms with van der Waals surface area (Å²) in [6.45, 7) is 3.27. The number of benzene rings is 1. The van der Waals surface area contributed by atoms with Gasteiger partial charge in [0, 0.05) is 37.5 Å². The summed E-state index contributed by atoms with van der Waals surface area (Å²) in [6.07, 6.45) is 3.37. The summed E-state index contributed by atoms with van der Waals surface area (Å²) in [4.78, 5) is 38.3. The molecule has 6 heteroatoms. The molecular weight excluding hydrogens is 332 g/mol. The summed E-state index contributed by atoms with van der Waals surface area (Å²) in [5, 5.41) is 1.01. The molecule has 0 N–H and O–H groups in total. The van der Waals surface area contributed by atoms with Crippen molar-refractivity contribution < 1.29 is 19.1 Å². The van der Waals surface area contributed by atoms with Crippen molar-refractivity contribution in [2.24, 2.45) is 5.92 Å². The number of amides is 1. The maximum atomic E-state index is 12.5. The second-order valence-corrected chi connectivity index (χ2v) is 6.55. The summed E-state index contributed by atoms with van der Waals surface area (Å²) < 4.78 is 6.65. The lowest BCUT2D eigenvalue weighted by Crippen LogP contribution is -2.40. The van der Waals surface area contributed by atoms with Crippen LogP contribution in [0.5, 0.6) is 0 Å². The summed E-state index contributed by atoms with van der Waals surface area (Å²) in [5.41, 5.74) is 0.861. The number of carbonyl (C=O) groups is 3. The number of ether oxygens (including phenoxy) is 1. The highest BCUT2D eigenvalue weighted by molar-refractivity contribution is 5.94. The van der Waals surface area contributed by atoms with Crippen LogP contribution in [-0.2, 0) is 14.3 Å². The molecule has 1 aromatic heterocycles. The molecule has 2 aromatic rings. The van der Waals surface area contributed by atoms with Crippen molar-refractivity contribution in [2.75, 3.05) is 19.7 Å². The predicted octanol–water partition coefficient (Wildman–Crippen LogP) is 2.86. The van der Waals surface area contributed by atoms with Gasteiger partial charge in [0.15, 0.2) is 0 Å². The average molecular weight is 356 g/mol. The van der Waals surface area contributed by atoms with Crippen LogP contribution in [0.25, 0.3) is 10.9 Å². The molecule has 0 bridgehead atoms. The van der Waals surface area contributed by atoms with Crippen LogP contribution in [0.4, 0.5) is 0 Å². The van der Waals surface area contributed by atoms with E-state index < -0.39 is 0 Å². The molecule has 1 amide bonds. The number of para-hydroxylation sites is 1. The molecule has 0 spiro atoms. The molecule has 1 aromatic carbocycles. The third-order valence-corrected chi connectivity index (χ3v) is 4.89. The van der Waals surface area contributed by atoms with Gasteiger partial charge in [-0.05, 0) is 31.9 Å². The zero-order valence-electron chi connectivity index (χ0n) is 15.0. The monoisotopic (exact) mass is 356 g/mol. The first kappa shape index (κ1) is 18.2. The van der Waals surface area contributed by atoms with Gasteiger partial charge in [-0.25, -0.2) is 0 Å². The van der Waals surface area contributed by atoms with E-state index in [4.69, 9.17) is 4.74 Å². The van der Waals surface area contributed by atoms with Crippen molar-refractivity contribution in [3.63, 3.8) is 0 Å². The fourth-order valence-corrected chi connectivity index (χ4v) is 3.42. The molecule has 26 heavy (non-hydrogen) atoms. The van der Waals surface area contributed by atoms with E-state index >= 15 is 0 Å². The summed E-state index contributed by atoms with van der Waals surface area (Å²) in [7, 11) is 0. The van der Waals surface area contributed by atoms with Crippen molar-refractivity contribution in [1.29, 1.82) is 0 Å². The normalized spacial score (nSPS) is 15.2. The highest BCUT2D eigenvalue weighted by Gasteiger charge is 2.28. The van der Waals surface area contributed by atoms with Crippen LogP contribution >= 0.6 is 0 Å². The zero-order chi connectivity index (χ0) is 18.5. The van der Waals surface area contributed by atoms with Crippen LogP contribution in [-0.4, -0.2) is 46.9 Å². The Morgan fingerprint density at radius 3 is 2.46 bits per heavy atom. The molecule has 1 fully saturated rings. The molecule has 1 saturated heterocycles. The topological polar surface area (TPSA) is 68.6 Å². The molecule has 138 valence electrons. The molecule has 2 heterocycles. The largest absolute Gasteiger partial charge is 0.466 e. The van der Waals surface area contributed by atoms with E-state index in [1.165, 1.54) is 0 Å². The van der Waals surface area contributed by atoms with Crippen LogP contribution < -0.4 is 0 Å². The smallest absolute Gasteiger partial charge is 0.309 e. The van der Waals surface area contributed by atoms with Crippen LogP contribution in [0, 0.1) is 5.92 Å². The first-order valence-corrected chi connectivity index (χ1v) is 9.14. The fraction of sp³-hybridized carbons (Fsp3) is 0.450. The van der Waals surface area contributed by atoms with Crippen molar-refractivity contribution in [3.05, 3.63) is 36.5 Å². The van der Waals surface area contributed by atoms with Crippen molar-refractivity contribution >= 4 is 28.7 Å². The SMILES string of the molecule is CCOC(=O)C1CCN(C(=O)CCC(=O)n2ccc3ccccc32)CC1. The number of esters is 1. The van der Waals surface area contributed by atoms with Gasteiger partial charge in [0.1, 0.15) is 0 Å². The van der Waals surface area contributed by atoms with Gasteiger partial charge in [0.2, 0.25) is 11.8 Å². The standard InChI is InChI=1S/C20H24N2O4/c1-2-26-20(25)16-9-12-21(13-10-16)18(23)7-8-19(24)22-14-11-15-5-3-4-6-17(15)22/h3-6,11,14,16H,2,7-10,12-13H2,1H3. The lowest BCUT2D eigenvalue weighted by molar-refractivity contribution is -0.151. The Balaban J connectivity index is 1.50. The van der Waals surface area contributed by atoms with E-state index in [1.807, 2.05) is 30.3 Å². The van der Waals surface area contributed by atoms with Crippen LogP contribution in [0.3, 0.4) is 0 Å². The van der Waals surface area contributed by atoms with Crippen LogP contribution in [0.1, 0.15) is 37.4 Å². The van der Waals surface area contributed by atoms with Crippen molar-refractivity contribution in [3.8, 4) is 0 Å². The maximum Gasteiger partial charge on any atom is 0.309 e. The highest BCUT2D eigenvalue weighted by atomic mass is 16.5. The van der Waals surface area contributed by atoms with E-state index in [-0.39, 0.29) is 36.5 Å². The van der Waals surface area contributed by atoms with Gasteiger partial charge < -0.3 is 9.64 Å². The van der Waals surface area contributed by atoms with Gasteiger partial charge in [-0.1, -0.05) is 18.2 Å². The number of likely N-dealkylation sites (tertiary alicyclic amines) is 1. The number of aromatic nitrogens is 1. The van der Waals surface area contributed by atoms with Gasteiger partial charge >= 0.3 is 5.97 Å². The first-order chi connectivity index (χ1) is 12.6. The number of carbonyl (C=O) groups excluding carboxylic acids is 3. The van der Waals surface area contributed by atoms with E-state index in [0.717, 1.165) is 10.9 Å². The lowest BCUT2D eigenvalue weighted by atomic mass is 9.96. The molecular formula is C20H24N2O4. The minimum Gasteiger partial charge on any atom is -0.466 e.